The van der Waals surface area contributed by atoms with Gasteiger partial charge in [0.2, 0.25) is 5.91 Å². The predicted molar refractivity (Wildman–Crippen MR) is 61.2 cm³/mol. The molecule has 1 aromatic carbocycles. The number of hydrogen-bond acceptors (Lipinski definition) is 4. The first kappa shape index (κ1) is 11.8. The molecule has 0 bridgehead atoms. The highest BCUT2D eigenvalue weighted by atomic mass is 16.4. The Balaban J connectivity index is 2.07. The van der Waals surface area contributed by atoms with Crippen molar-refractivity contribution in [1.29, 1.82) is 0 Å². The van der Waals surface area contributed by atoms with E-state index >= 15 is 0 Å². The molecule has 1 aromatic rings. The van der Waals surface area contributed by atoms with Crippen molar-refractivity contribution in [3.63, 3.8) is 0 Å². The second-order valence-corrected chi connectivity index (χ2v) is 3.58. The fraction of sp³-hybridized carbons (Fsp3) is 0.0909. The number of hydrazone groups is 1. The normalized spacial score (nSPS) is 15.2. The van der Waals surface area contributed by atoms with E-state index in [1.165, 1.54) is 18.3 Å². The third-order valence-electron chi connectivity index (χ3n) is 2.28. The summed E-state index contributed by atoms with van der Waals surface area (Å²) >= 11 is 0. The lowest BCUT2D eigenvalue weighted by Crippen LogP contribution is -2.24. The van der Waals surface area contributed by atoms with Crippen molar-refractivity contribution in [2.24, 2.45) is 5.10 Å². The predicted octanol–water partition coefficient (Wildman–Crippen LogP) is 0.270. The molecule has 0 aromatic heterocycles. The molecule has 0 unspecified atom stereocenters. The average molecular weight is 247 g/mol. The topological polar surface area (TPSA) is 99.1 Å². The first-order valence-electron chi connectivity index (χ1n) is 5.05. The van der Waals surface area contributed by atoms with Crippen LogP contribution in [0.2, 0.25) is 0 Å². The van der Waals surface area contributed by atoms with Crippen LogP contribution in [0.5, 0.6) is 0 Å². The van der Waals surface area contributed by atoms with Gasteiger partial charge in [0.25, 0.3) is 0 Å². The number of urea groups is 1. The lowest BCUT2D eigenvalue weighted by atomic mass is 10.1. The number of amides is 3. The molecule has 1 heterocycles. The third kappa shape index (κ3) is 2.51. The molecule has 1 aliphatic rings. The number of carboxylic acid groups (broad SMARTS) is 1. The van der Waals surface area contributed by atoms with E-state index in [1.807, 2.05) is 0 Å². The minimum Gasteiger partial charge on any atom is -0.478 e. The van der Waals surface area contributed by atoms with Crippen LogP contribution in [0.4, 0.5) is 4.79 Å². The van der Waals surface area contributed by atoms with Crippen molar-refractivity contribution in [3.05, 3.63) is 35.4 Å². The fourth-order valence-electron chi connectivity index (χ4n) is 1.37. The lowest BCUT2D eigenvalue weighted by Gasteiger charge is -2.04. The maximum absolute atomic E-state index is 11.2. The van der Waals surface area contributed by atoms with E-state index in [-0.39, 0.29) is 12.1 Å². The minimum atomic E-state index is -1.01. The van der Waals surface area contributed by atoms with Crippen LogP contribution >= 0.6 is 0 Å². The Kier molecular flexibility index (Phi) is 3.05. The molecule has 0 radical (unpaired) electrons. The van der Waals surface area contributed by atoms with Crippen molar-refractivity contribution in [1.82, 2.24) is 10.3 Å². The molecule has 1 saturated heterocycles. The second-order valence-electron chi connectivity index (χ2n) is 3.58. The highest BCUT2D eigenvalue weighted by Crippen LogP contribution is 2.04. The van der Waals surface area contributed by atoms with Gasteiger partial charge in [-0.05, 0) is 17.7 Å². The Labute approximate surface area is 102 Å². The number of carbonyl (C=O) groups is 3. The quantitative estimate of drug-likeness (QED) is 0.591. The van der Waals surface area contributed by atoms with E-state index in [1.54, 1.807) is 12.1 Å². The number of benzene rings is 1. The van der Waals surface area contributed by atoms with Crippen LogP contribution in [-0.2, 0) is 4.79 Å². The molecular weight excluding hydrogens is 238 g/mol. The summed E-state index contributed by atoms with van der Waals surface area (Å²) in [4.78, 5) is 32.7. The maximum Gasteiger partial charge on any atom is 0.344 e. The van der Waals surface area contributed by atoms with Crippen LogP contribution in [0.15, 0.2) is 29.4 Å². The van der Waals surface area contributed by atoms with E-state index in [2.05, 4.69) is 10.4 Å². The molecule has 0 atom stereocenters. The van der Waals surface area contributed by atoms with Crippen molar-refractivity contribution in [2.45, 2.75) is 0 Å². The molecule has 2 N–H and O–H groups in total. The van der Waals surface area contributed by atoms with Gasteiger partial charge in [-0.2, -0.15) is 5.10 Å². The Morgan fingerprint density at radius 1 is 1.33 bits per heavy atom. The van der Waals surface area contributed by atoms with E-state index in [0.717, 1.165) is 5.01 Å². The number of hydrogen-bond donors (Lipinski definition) is 2. The zero-order valence-corrected chi connectivity index (χ0v) is 9.16. The van der Waals surface area contributed by atoms with E-state index < -0.39 is 17.9 Å². The van der Waals surface area contributed by atoms with Crippen molar-refractivity contribution >= 4 is 24.1 Å². The highest BCUT2D eigenvalue weighted by molar-refractivity contribution is 6.02. The van der Waals surface area contributed by atoms with Crippen LogP contribution < -0.4 is 5.32 Å². The van der Waals surface area contributed by atoms with Crippen molar-refractivity contribution in [2.75, 3.05) is 6.54 Å². The van der Waals surface area contributed by atoms with Gasteiger partial charge in [-0.15, -0.1) is 0 Å². The Morgan fingerprint density at radius 3 is 2.50 bits per heavy atom. The van der Waals surface area contributed by atoms with Gasteiger partial charge in [0.1, 0.15) is 6.54 Å². The molecule has 92 valence electrons. The van der Waals surface area contributed by atoms with Crippen LogP contribution in [0.25, 0.3) is 0 Å². The monoisotopic (exact) mass is 247 g/mol. The summed E-state index contributed by atoms with van der Waals surface area (Å²) in [5.74, 6) is -1.42. The van der Waals surface area contributed by atoms with Gasteiger partial charge in [0, 0.05) is 0 Å². The smallest absolute Gasteiger partial charge is 0.344 e. The molecule has 18 heavy (non-hydrogen) atoms. The summed E-state index contributed by atoms with van der Waals surface area (Å²) < 4.78 is 0. The summed E-state index contributed by atoms with van der Waals surface area (Å²) in [7, 11) is 0. The third-order valence-corrected chi connectivity index (χ3v) is 2.28. The molecule has 3 amide bonds. The first-order chi connectivity index (χ1) is 8.56. The van der Waals surface area contributed by atoms with Crippen molar-refractivity contribution < 1.29 is 19.5 Å². The number of carbonyl (C=O) groups excluding carboxylic acids is 2. The van der Waals surface area contributed by atoms with Gasteiger partial charge < -0.3 is 5.11 Å². The van der Waals surface area contributed by atoms with Gasteiger partial charge in [-0.25, -0.2) is 14.6 Å². The summed E-state index contributed by atoms with van der Waals surface area (Å²) in [6.45, 7) is -0.109. The largest absolute Gasteiger partial charge is 0.478 e. The molecule has 0 saturated carbocycles. The van der Waals surface area contributed by atoms with E-state index in [0.29, 0.717) is 5.56 Å². The summed E-state index contributed by atoms with van der Waals surface area (Å²) in [6, 6.07) is 5.40. The van der Waals surface area contributed by atoms with E-state index in [9.17, 15) is 14.4 Å². The lowest BCUT2D eigenvalue weighted by molar-refractivity contribution is -0.118. The van der Waals surface area contributed by atoms with Gasteiger partial charge in [0.15, 0.2) is 0 Å². The number of imide groups is 1. The summed E-state index contributed by atoms with van der Waals surface area (Å²) in [5, 5.41) is 15.6. The number of aromatic carboxylic acids is 1. The fourth-order valence-corrected chi connectivity index (χ4v) is 1.37. The minimum absolute atomic E-state index is 0.109. The molecule has 0 spiro atoms. The molecule has 2 rings (SSSR count). The van der Waals surface area contributed by atoms with E-state index in [4.69, 9.17) is 5.11 Å². The Hall–Kier alpha value is -2.70. The maximum atomic E-state index is 11.2. The number of rotatable bonds is 3. The molecule has 0 aliphatic carbocycles. The van der Waals surface area contributed by atoms with Crippen LogP contribution in [0.1, 0.15) is 15.9 Å². The summed E-state index contributed by atoms with van der Waals surface area (Å²) in [5.41, 5.74) is 0.799. The highest BCUT2D eigenvalue weighted by Gasteiger charge is 2.25. The van der Waals surface area contributed by atoms with Gasteiger partial charge in [-0.1, -0.05) is 12.1 Å². The SMILES string of the molecule is O=C1CN(/N=C\c2ccc(C(=O)O)cc2)C(=O)N1. The number of nitrogens with one attached hydrogen (secondary N) is 1. The zero-order valence-electron chi connectivity index (χ0n) is 9.16. The molecule has 7 heteroatoms. The van der Waals surface area contributed by atoms with Crippen LogP contribution in [0, 0.1) is 0 Å². The molecule has 7 nitrogen and oxygen atoms in total. The van der Waals surface area contributed by atoms with Gasteiger partial charge in [-0.3, -0.25) is 10.1 Å². The number of carboxylic acids is 1. The van der Waals surface area contributed by atoms with Crippen LogP contribution in [-0.4, -0.2) is 40.8 Å². The number of nitrogens with zero attached hydrogens (tertiary/aromatic N) is 2. The average Bonchev–Trinajstić information content (AvgIpc) is 2.66. The second kappa shape index (κ2) is 4.66. The molecule has 1 aliphatic heterocycles. The summed E-state index contributed by atoms with van der Waals surface area (Å²) in [6.07, 6.45) is 1.38. The first-order valence-corrected chi connectivity index (χ1v) is 5.05. The Morgan fingerprint density at radius 2 is 2.00 bits per heavy atom. The van der Waals surface area contributed by atoms with Gasteiger partial charge >= 0.3 is 12.0 Å². The standard InChI is InChI=1S/C11H9N3O4/c15-9-6-14(11(18)13-9)12-5-7-1-3-8(4-2-7)10(16)17/h1-5H,6H2,(H,16,17)(H,13,15,18)/b12-5-. The Bertz CT molecular complexity index is 536. The van der Waals surface area contributed by atoms with Crippen LogP contribution in [0.3, 0.4) is 0 Å². The molecular formula is C11H9N3O4. The zero-order chi connectivity index (χ0) is 13.1. The molecule has 1 fully saturated rings. The van der Waals surface area contributed by atoms with Crippen molar-refractivity contribution in [3.8, 4) is 0 Å². The van der Waals surface area contributed by atoms with Gasteiger partial charge in [0.05, 0.1) is 11.8 Å².